The zero-order valence-electron chi connectivity index (χ0n) is 19.7. The van der Waals surface area contributed by atoms with Crippen LogP contribution in [0.2, 0.25) is 0 Å². The van der Waals surface area contributed by atoms with Crippen LogP contribution in [0.15, 0.2) is 23.1 Å². The van der Waals surface area contributed by atoms with Gasteiger partial charge in [-0.3, -0.25) is 9.62 Å². The van der Waals surface area contributed by atoms with Crippen LogP contribution in [0.1, 0.15) is 61.0 Å². The maximum absolute atomic E-state index is 13.5. The average Bonchev–Trinajstić information content (AvgIpc) is 3.29. The second kappa shape index (κ2) is 8.39. The van der Waals surface area contributed by atoms with Gasteiger partial charge in [0.15, 0.2) is 5.82 Å². The van der Waals surface area contributed by atoms with Gasteiger partial charge in [0.2, 0.25) is 0 Å². The van der Waals surface area contributed by atoms with E-state index in [1.807, 2.05) is 32.9 Å². The van der Waals surface area contributed by atoms with Crippen LogP contribution in [-0.4, -0.2) is 36.4 Å². The van der Waals surface area contributed by atoms with E-state index in [-0.39, 0.29) is 5.41 Å². The second-order valence-corrected chi connectivity index (χ2v) is 12.6. The van der Waals surface area contributed by atoms with Gasteiger partial charge in [0.25, 0.3) is 10.0 Å². The lowest BCUT2D eigenvalue weighted by atomic mass is 9.87. The smallest absolute Gasteiger partial charge is 0.263 e. The van der Waals surface area contributed by atoms with E-state index in [1.165, 1.54) is 12.8 Å². The molecule has 2 aromatic heterocycles. The highest BCUT2D eigenvalue weighted by atomic mass is 32.2. The van der Waals surface area contributed by atoms with Crippen molar-refractivity contribution in [1.82, 2.24) is 14.9 Å². The molecule has 1 aliphatic rings. The minimum Gasteiger partial charge on any atom is -0.296 e. The van der Waals surface area contributed by atoms with E-state index in [9.17, 15) is 8.42 Å². The third kappa shape index (κ3) is 4.54. The summed E-state index contributed by atoms with van der Waals surface area (Å²) in [6.07, 6.45) is 2.37. The number of sulfonamides is 1. The van der Waals surface area contributed by atoms with Crippen LogP contribution in [0.5, 0.6) is 0 Å². The van der Waals surface area contributed by atoms with Gasteiger partial charge in [-0.2, -0.15) is 0 Å². The number of fused-ring (bicyclic) bond motifs is 1. The van der Waals surface area contributed by atoms with Crippen LogP contribution < -0.4 is 4.72 Å². The monoisotopic (exact) mass is 472 g/mol. The fourth-order valence-electron chi connectivity index (χ4n) is 4.12. The summed E-state index contributed by atoms with van der Waals surface area (Å²) in [5.74, 6) is 1.05. The molecule has 0 aliphatic carbocycles. The molecule has 0 spiro atoms. The van der Waals surface area contributed by atoms with Crippen LogP contribution in [0, 0.1) is 20.8 Å². The van der Waals surface area contributed by atoms with Gasteiger partial charge in [0, 0.05) is 4.88 Å². The van der Waals surface area contributed by atoms with Crippen LogP contribution in [0.3, 0.4) is 0 Å². The number of nitrogens with zero attached hydrogens (tertiary/aromatic N) is 3. The maximum Gasteiger partial charge on any atom is 0.263 e. The summed E-state index contributed by atoms with van der Waals surface area (Å²) in [7, 11) is -3.82. The highest BCUT2D eigenvalue weighted by Crippen LogP contribution is 2.35. The Kier molecular flexibility index (Phi) is 6.07. The van der Waals surface area contributed by atoms with Gasteiger partial charge >= 0.3 is 0 Å². The maximum atomic E-state index is 13.5. The summed E-state index contributed by atoms with van der Waals surface area (Å²) >= 11 is 1.59. The fourth-order valence-corrected chi connectivity index (χ4v) is 6.45. The molecule has 0 unspecified atom stereocenters. The lowest BCUT2D eigenvalue weighted by Gasteiger charge is -2.21. The molecule has 1 N–H and O–H groups in total. The molecule has 0 atom stereocenters. The summed E-state index contributed by atoms with van der Waals surface area (Å²) in [4.78, 5) is 14.1. The Morgan fingerprint density at radius 2 is 1.78 bits per heavy atom. The third-order valence-corrected chi connectivity index (χ3v) is 8.80. The quantitative estimate of drug-likeness (QED) is 0.545. The molecule has 6 nitrogen and oxygen atoms in total. The topological polar surface area (TPSA) is 75.2 Å². The Labute approximate surface area is 195 Å². The van der Waals surface area contributed by atoms with Crippen molar-refractivity contribution >= 4 is 37.4 Å². The first kappa shape index (κ1) is 23.1. The van der Waals surface area contributed by atoms with E-state index in [1.54, 1.807) is 17.4 Å². The lowest BCUT2D eigenvalue weighted by Crippen LogP contribution is -2.21. The molecule has 3 aromatic rings. The summed E-state index contributed by atoms with van der Waals surface area (Å²) < 4.78 is 29.9. The molecule has 0 saturated carbocycles. The summed E-state index contributed by atoms with van der Waals surface area (Å²) in [5, 5.41) is 0.797. The predicted octanol–water partition coefficient (Wildman–Crippen LogP) is 5.31. The van der Waals surface area contributed by atoms with E-state index < -0.39 is 10.0 Å². The Morgan fingerprint density at radius 1 is 1.09 bits per heavy atom. The van der Waals surface area contributed by atoms with Crippen LogP contribution in [0.4, 0.5) is 5.82 Å². The molecule has 0 amide bonds. The zero-order chi connectivity index (χ0) is 23.3. The number of hydrogen-bond donors (Lipinski definition) is 1. The number of anilines is 1. The molecular weight excluding hydrogens is 440 g/mol. The predicted molar refractivity (Wildman–Crippen MR) is 132 cm³/mol. The highest BCUT2D eigenvalue weighted by Gasteiger charge is 2.25. The Bertz CT molecular complexity index is 1270. The van der Waals surface area contributed by atoms with Crippen LogP contribution >= 0.6 is 11.3 Å². The Balaban J connectivity index is 1.79. The van der Waals surface area contributed by atoms with E-state index in [4.69, 9.17) is 9.97 Å². The molecule has 1 aromatic carbocycles. The fraction of sp³-hybridized carbons (Fsp3) is 0.500. The zero-order valence-corrected chi connectivity index (χ0v) is 21.4. The largest absolute Gasteiger partial charge is 0.296 e. The van der Waals surface area contributed by atoms with Crippen molar-refractivity contribution in [2.45, 2.75) is 71.2 Å². The van der Waals surface area contributed by atoms with Crippen molar-refractivity contribution in [2.24, 2.45) is 0 Å². The van der Waals surface area contributed by atoms with Gasteiger partial charge in [0.1, 0.15) is 10.7 Å². The molecule has 1 fully saturated rings. The average molecular weight is 473 g/mol. The van der Waals surface area contributed by atoms with Crippen molar-refractivity contribution in [3.05, 3.63) is 45.6 Å². The number of nitrogens with one attached hydrogen (secondary N) is 1. The Morgan fingerprint density at radius 3 is 2.44 bits per heavy atom. The van der Waals surface area contributed by atoms with E-state index >= 15 is 0 Å². The lowest BCUT2D eigenvalue weighted by molar-refractivity contribution is 0.323. The van der Waals surface area contributed by atoms with Crippen molar-refractivity contribution in [3.63, 3.8) is 0 Å². The van der Waals surface area contributed by atoms with Crippen LogP contribution in [0.25, 0.3) is 10.2 Å². The standard InChI is InChI=1S/C24H32N4O2S2/c1-15-9-10-18(24(4,5)6)13-19(15)32(29,30)27-22-21-16(2)17(3)31-23(21)26-20(25-22)14-28-11-7-8-12-28/h9-10,13H,7-8,11-12,14H2,1-6H3,(H,25,26,27). The van der Waals surface area contributed by atoms with Crippen molar-refractivity contribution in [3.8, 4) is 0 Å². The van der Waals surface area contributed by atoms with Gasteiger partial charge in [-0.15, -0.1) is 11.3 Å². The molecule has 8 heteroatoms. The number of aryl methyl sites for hydroxylation is 3. The third-order valence-electron chi connectivity index (χ3n) is 6.21. The first-order valence-electron chi connectivity index (χ1n) is 11.1. The van der Waals surface area contributed by atoms with Gasteiger partial charge in [-0.1, -0.05) is 32.9 Å². The summed E-state index contributed by atoms with van der Waals surface area (Å²) in [6.45, 7) is 14.8. The minimum absolute atomic E-state index is 0.149. The number of thiophene rings is 1. The molecule has 172 valence electrons. The number of benzene rings is 1. The molecule has 0 bridgehead atoms. The molecule has 32 heavy (non-hydrogen) atoms. The SMILES string of the molecule is Cc1ccc(C(C)(C)C)cc1S(=O)(=O)Nc1nc(CN2CCCC2)nc2sc(C)c(C)c12. The van der Waals surface area contributed by atoms with E-state index in [2.05, 4.69) is 30.4 Å². The van der Waals surface area contributed by atoms with Gasteiger partial charge < -0.3 is 0 Å². The molecule has 1 aliphatic heterocycles. The molecular formula is C24H32N4O2S2. The van der Waals surface area contributed by atoms with Gasteiger partial charge in [-0.05, 0) is 74.9 Å². The Hall–Kier alpha value is -2.03. The molecule has 4 rings (SSSR count). The highest BCUT2D eigenvalue weighted by molar-refractivity contribution is 7.92. The second-order valence-electron chi connectivity index (χ2n) is 9.77. The van der Waals surface area contributed by atoms with Gasteiger partial charge in [-0.25, -0.2) is 18.4 Å². The first-order chi connectivity index (χ1) is 15.0. The molecule has 1 saturated heterocycles. The van der Waals surface area contributed by atoms with Crippen LogP contribution in [-0.2, 0) is 22.0 Å². The number of rotatable bonds is 5. The summed E-state index contributed by atoms with van der Waals surface area (Å²) in [5.41, 5.74) is 2.57. The van der Waals surface area contributed by atoms with E-state index in [0.29, 0.717) is 28.6 Å². The van der Waals surface area contributed by atoms with Crippen molar-refractivity contribution in [2.75, 3.05) is 17.8 Å². The normalized spacial score (nSPS) is 15.6. The molecule has 0 radical (unpaired) electrons. The van der Waals surface area contributed by atoms with E-state index in [0.717, 1.165) is 39.3 Å². The van der Waals surface area contributed by atoms with Crippen molar-refractivity contribution in [1.29, 1.82) is 0 Å². The number of likely N-dealkylation sites (tertiary alicyclic amines) is 1. The number of aromatic nitrogens is 2. The van der Waals surface area contributed by atoms with Gasteiger partial charge in [0.05, 0.1) is 16.8 Å². The number of hydrogen-bond acceptors (Lipinski definition) is 6. The minimum atomic E-state index is -3.82. The first-order valence-corrected chi connectivity index (χ1v) is 13.4. The molecule has 3 heterocycles. The van der Waals surface area contributed by atoms with Crippen molar-refractivity contribution < 1.29 is 8.42 Å². The summed E-state index contributed by atoms with van der Waals surface area (Å²) in [6, 6.07) is 5.66.